The SMILES string of the molecule is CN1CCN(c2ccc(/C=C(\C#N)[S+](N)[O-])cc2)CC1. The first-order chi connectivity index (χ1) is 9.60. The molecule has 106 valence electrons. The Morgan fingerprint density at radius 2 is 1.90 bits per heavy atom. The van der Waals surface area contributed by atoms with Crippen molar-refractivity contribution in [3.8, 4) is 6.07 Å². The second kappa shape index (κ2) is 6.77. The van der Waals surface area contributed by atoms with Crippen molar-refractivity contribution in [2.45, 2.75) is 0 Å². The third-order valence-corrected chi connectivity index (χ3v) is 4.03. The molecule has 5 nitrogen and oxygen atoms in total. The van der Waals surface area contributed by atoms with E-state index in [-0.39, 0.29) is 4.91 Å². The van der Waals surface area contributed by atoms with Crippen molar-refractivity contribution in [3.05, 3.63) is 34.7 Å². The molecular weight excluding hydrogens is 272 g/mol. The molecule has 0 amide bonds. The van der Waals surface area contributed by atoms with E-state index < -0.39 is 11.4 Å². The van der Waals surface area contributed by atoms with E-state index in [1.54, 1.807) is 6.08 Å². The van der Waals surface area contributed by atoms with Crippen LogP contribution in [0, 0.1) is 11.3 Å². The molecule has 0 bridgehead atoms. The predicted octanol–water partition coefficient (Wildman–Crippen LogP) is 0.925. The van der Waals surface area contributed by atoms with Gasteiger partial charge in [-0.2, -0.15) is 5.26 Å². The van der Waals surface area contributed by atoms with E-state index in [0.717, 1.165) is 31.7 Å². The fourth-order valence-corrected chi connectivity index (χ4v) is 2.47. The van der Waals surface area contributed by atoms with Gasteiger partial charge in [-0.1, -0.05) is 12.1 Å². The summed E-state index contributed by atoms with van der Waals surface area (Å²) >= 11 is -1.73. The molecule has 2 rings (SSSR count). The smallest absolute Gasteiger partial charge is 0.250 e. The van der Waals surface area contributed by atoms with E-state index in [9.17, 15) is 4.55 Å². The van der Waals surface area contributed by atoms with Gasteiger partial charge in [-0.25, -0.2) is 0 Å². The largest absolute Gasteiger partial charge is 0.593 e. The minimum Gasteiger partial charge on any atom is -0.593 e. The van der Waals surface area contributed by atoms with Gasteiger partial charge in [0, 0.05) is 37.9 Å². The lowest BCUT2D eigenvalue weighted by Gasteiger charge is -2.34. The predicted molar refractivity (Wildman–Crippen MR) is 82.1 cm³/mol. The first-order valence-electron chi connectivity index (χ1n) is 6.41. The molecule has 6 heteroatoms. The Bertz CT molecular complexity index is 513. The van der Waals surface area contributed by atoms with Crippen LogP contribution in [0.25, 0.3) is 6.08 Å². The molecule has 1 heterocycles. The Morgan fingerprint density at radius 1 is 1.30 bits per heavy atom. The maximum Gasteiger partial charge on any atom is 0.250 e. The maximum absolute atomic E-state index is 11.1. The fraction of sp³-hybridized carbons (Fsp3) is 0.357. The van der Waals surface area contributed by atoms with Crippen LogP contribution in [0.3, 0.4) is 0 Å². The summed E-state index contributed by atoms with van der Waals surface area (Å²) in [6, 6.07) is 9.72. The lowest BCUT2D eigenvalue weighted by atomic mass is 10.1. The zero-order valence-electron chi connectivity index (χ0n) is 11.5. The number of nitrogens with two attached hydrogens (primary N) is 1. The molecule has 0 saturated carbocycles. The number of hydrogen-bond acceptors (Lipinski definition) is 5. The highest BCUT2D eigenvalue weighted by Gasteiger charge is 2.14. The van der Waals surface area contributed by atoms with Gasteiger partial charge in [0.25, 0.3) is 4.91 Å². The highest BCUT2D eigenvalue weighted by atomic mass is 32.2. The van der Waals surface area contributed by atoms with Gasteiger partial charge in [0.15, 0.2) is 6.07 Å². The van der Waals surface area contributed by atoms with E-state index in [0.29, 0.717) is 0 Å². The molecule has 0 aliphatic carbocycles. The van der Waals surface area contributed by atoms with Gasteiger partial charge in [0.2, 0.25) is 0 Å². The van der Waals surface area contributed by atoms with Gasteiger partial charge in [-0.05, 0) is 24.7 Å². The number of piperazine rings is 1. The molecular formula is C14H18N4OS. The van der Waals surface area contributed by atoms with E-state index >= 15 is 0 Å². The van der Waals surface area contributed by atoms with Gasteiger partial charge in [0.05, 0.1) is 11.4 Å². The summed E-state index contributed by atoms with van der Waals surface area (Å²) in [5.74, 6) is 0. The lowest BCUT2D eigenvalue weighted by molar-refractivity contribution is 0.313. The van der Waals surface area contributed by atoms with Crippen LogP contribution < -0.4 is 10.0 Å². The second-order valence-corrected chi connectivity index (χ2v) is 5.83. The number of hydrogen-bond donors (Lipinski definition) is 1. The molecule has 20 heavy (non-hydrogen) atoms. The Balaban J connectivity index is 2.09. The third-order valence-electron chi connectivity index (χ3n) is 3.39. The normalized spacial score (nSPS) is 18.7. The summed E-state index contributed by atoms with van der Waals surface area (Å²) in [5.41, 5.74) is 2.00. The van der Waals surface area contributed by atoms with Crippen LogP contribution in [-0.2, 0) is 11.4 Å². The highest BCUT2D eigenvalue weighted by Crippen LogP contribution is 2.18. The van der Waals surface area contributed by atoms with Crippen LogP contribution in [-0.4, -0.2) is 42.7 Å². The Kier molecular flexibility index (Phi) is 5.04. The number of nitriles is 1. The minimum absolute atomic E-state index is 0.0809. The fourth-order valence-electron chi connectivity index (χ4n) is 2.13. The van der Waals surface area contributed by atoms with Gasteiger partial charge in [-0.15, -0.1) is 5.14 Å². The number of likely N-dealkylation sites (N-methyl/N-ethyl adjacent to an activating group) is 1. The topological polar surface area (TPSA) is 79.3 Å². The van der Waals surface area contributed by atoms with Crippen molar-refractivity contribution >= 4 is 23.1 Å². The zero-order chi connectivity index (χ0) is 14.5. The molecule has 0 radical (unpaired) electrons. The molecule has 0 aromatic heterocycles. The number of benzene rings is 1. The van der Waals surface area contributed by atoms with E-state index in [4.69, 9.17) is 10.4 Å². The number of nitrogens with zero attached hydrogens (tertiary/aromatic N) is 3. The molecule has 1 aromatic carbocycles. The van der Waals surface area contributed by atoms with Crippen molar-refractivity contribution in [1.82, 2.24) is 4.90 Å². The van der Waals surface area contributed by atoms with Crippen LogP contribution in [0.15, 0.2) is 29.2 Å². The first kappa shape index (κ1) is 14.9. The Hall–Kier alpha value is -1.52. The van der Waals surface area contributed by atoms with Crippen molar-refractivity contribution in [3.63, 3.8) is 0 Å². The molecule has 2 N–H and O–H groups in total. The van der Waals surface area contributed by atoms with Crippen molar-refractivity contribution in [2.24, 2.45) is 5.14 Å². The van der Waals surface area contributed by atoms with Crippen molar-refractivity contribution < 1.29 is 4.55 Å². The summed E-state index contributed by atoms with van der Waals surface area (Å²) in [6.07, 6.45) is 1.56. The van der Waals surface area contributed by atoms with Crippen LogP contribution in [0.1, 0.15) is 5.56 Å². The molecule has 1 atom stereocenters. The van der Waals surface area contributed by atoms with Gasteiger partial charge < -0.3 is 14.4 Å². The molecule has 1 fully saturated rings. The molecule has 1 aromatic rings. The van der Waals surface area contributed by atoms with E-state index in [2.05, 4.69) is 16.8 Å². The quantitative estimate of drug-likeness (QED) is 0.661. The molecule has 1 aliphatic heterocycles. The Morgan fingerprint density at radius 3 is 2.40 bits per heavy atom. The van der Waals surface area contributed by atoms with Gasteiger partial charge >= 0.3 is 0 Å². The molecule has 1 saturated heterocycles. The van der Waals surface area contributed by atoms with E-state index in [1.165, 1.54) is 5.69 Å². The number of rotatable bonds is 3. The molecule has 1 aliphatic rings. The van der Waals surface area contributed by atoms with Crippen LogP contribution >= 0.6 is 0 Å². The first-order valence-corrected chi connectivity index (χ1v) is 7.63. The average molecular weight is 290 g/mol. The lowest BCUT2D eigenvalue weighted by Crippen LogP contribution is -2.44. The molecule has 1 unspecified atom stereocenters. The Labute approximate surface area is 122 Å². The van der Waals surface area contributed by atoms with E-state index in [1.807, 2.05) is 30.3 Å². The minimum atomic E-state index is -1.73. The maximum atomic E-state index is 11.1. The van der Waals surface area contributed by atoms with Gasteiger partial charge in [0.1, 0.15) is 0 Å². The summed E-state index contributed by atoms with van der Waals surface area (Å²) in [4.78, 5) is 4.72. The number of anilines is 1. The zero-order valence-corrected chi connectivity index (χ0v) is 12.3. The number of allylic oxidation sites excluding steroid dienone is 1. The summed E-state index contributed by atoms with van der Waals surface area (Å²) in [7, 11) is 2.13. The monoisotopic (exact) mass is 290 g/mol. The second-order valence-electron chi connectivity index (χ2n) is 4.80. The van der Waals surface area contributed by atoms with Crippen LogP contribution in [0.2, 0.25) is 0 Å². The standard InChI is InChI=1S/C14H18N4OS/c1-17-6-8-18(9-7-17)13-4-2-12(3-5-13)10-14(11-15)20(16)19/h2-5,10H,6-9,16H2,1H3/b14-10+. The van der Waals surface area contributed by atoms with Crippen LogP contribution in [0.4, 0.5) is 5.69 Å². The van der Waals surface area contributed by atoms with Crippen LogP contribution in [0.5, 0.6) is 0 Å². The summed E-state index contributed by atoms with van der Waals surface area (Å²) in [5, 5.41) is 14.1. The third kappa shape index (κ3) is 3.74. The summed E-state index contributed by atoms with van der Waals surface area (Å²) in [6.45, 7) is 4.16. The summed E-state index contributed by atoms with van der Waals surface area (Å²) < 4.78 is 11.1. The molecule has 0 spiro atoms. The highest BCUT2D eigenvalue weighted by molar-refractivity contribution is 7.93. The van der Waals surface area contributed by atoms with Gasteiger partial charge in [-0.3, -0.25) is 0 Å². The average Bonchev–Trinajstić information content (AvgIpc) is 2.46. The van der Waals surface area contributed by atoms with Crippen molar-refractivity contribution in [1.29, 1.82) is 5.26 Å². The van der Waals surface area contributed by atoms with Crippen molar-refractivity contribution in [2.75, 3.05) is 38.1 Å².